The summed E-state index contributed by atoms with van der Waals surface area (Å²) < 4.78 is 13.3. The van der Waals surface area contributed by atoms with Gasteiger partial charge in [-0.15, -0.1) is 0 Å². The molecule has 6 rings (SSSR count). The summed E-state index contributed by atoms with van der Waals surface area (Å²) >= 11 is 0. The van der Waals surface area contributed by atoms with Gasteiger partial charge in [-0.2, -0.15) is 0 Å². The smallest absolute Gasteiger partial charge is 0.255 e. The Morgan fingerprint density at radius 2 is 1.70 bits per heavy atom. The van der Waals surface area contributed by atoms with Crippen molar-refractivity contribution >= 4 is 40.6 Å². The van der Waals surface area contributed by atoms with Crippen LogP contribution < -0.4 is 15.5 Å². The van der Waals surface area contributed by atoms with Crippen molar-refractivity contribution < 1.29 is 14.0 Å². The third kappa shape index (κ3) is 6.97. The molecular weight excluding hydrogens is 581 g/mol. The molecule has 0 saturated carbocycles. The predicted molar refractivity (Wildman–Crippen MR) is 180 cm³/mol. The second-order valence-electron chi connectivity index (χ2n) is 12.3. The van der Waals surface area contributed by atoms with Gasteiger partial charge in [-0.1, -0.05) is 24.3 Å². The standard InChI is InChI=1S/C36H38FN7O2/c1-24(2)39-32(45)23-43-17-19-44(20-18-43)35-41-31-21-25(3)5-14-30(31)33(42-35)36(15-4-16-38-36)22-26-6-12-29(13-7-26)40-34(46)27-8-10-28(37)11-9-27/h4-16,21,24H,17-20,22-23H2,1-3H3,(H,39,45)(H,40,46). The van der Waals surface area contributed by atoms with Crippen molar-refractivity contribution in [1.29, 1.82) is 0 Å². The highest BCUT2D eigenvalue weighted by Gasteiger charge is 2.35. The van der Waals surface area contributed by atoms with Crippen LogP contribution in [0.3, 0.4) is 0 Å². The number of carbonyl (C=O) groups is 2. The number of piperazine rings is 1. The first-order valence-electron chi connectivity index (χ1n) is 15.6. The molecule has 2 amide bonds. The highest BCUT2D eigenvalue weighted by atomic mass is 19.1. The summed E-state index contributed by atoms with van der Waals surface area (Å²) in [6, 6.07) is 19.5. The zero-order valence-electron chi connectivity index (χ0n) is 26.3. The number of hydrogen-bond donors (Lipinski definition) is 2. The summed E-state index contributed by atoms with van der Waals surface area (Å²) in [5.41, 5.74) is 4.13. The van der Waals surface area contributed by atoms with Crippen LogP contribution in [-0.2, 0) is 16.8 Å². The Balaban J connectivity index is 1.24. The summed E-state index contributed by atoms with van der Waals surface area (Å²) in [5, 5.41) is 6.80. The van der Waals surface area contributed by atoms with Crippen LogP contribution >= 0.6 is 0 Å². The Labute approximate surface area is 268 Å². The van der Waals surface area contributed by atoms with Crippen LogP contribution in [-0.4, -0.2) is 71.7 Å². The molecule has 2 aliphatic heterocycles. The quantitative estimate of drug-likeness (QED) is 0.272. The first-order valence-corrected chi connectivity index (χ1v) is 15.6. The minimum atomic E-state index is -0.735. The molecule has 1 fully saturated rings. The Kier molecular flexibility index (Phi) is 8.90. The van der Waals surface area contributed by atoms with E-state index >= 15 is 0 Å². The minimum absolute atomic E-state index is 0.0410. The number of carbonyl (C=O) groups excluding carboxylic acids is 2. The van der Waals surface area contributed by atoms with Crippen molar-refractivity contribution in [3.8, 4) is 0 Å². The number of hydrogen-bond acceptors (Lipinski definition) is 7. The van der Waals surface area contributed by atoms with Crippen LogP contribution in [0.15, 0.2) is 83.9 Å². The molecule has 1 unspecified atom stereocenters. The van der Waals surface area contributed by atoms with Crippen LogP contribution in [0.25, 0.3) is 10.9 Å². The molecule has 10 heteroatoms. The van der Waals surface area contributed by atoms with Crippen molar-refractivity contribution in [2.75, 3.05) is 42.9 Å². The molecule has 0 bridgehead atoms. The second-order valence-corrected chi connectivity index (χ2v) is 12.3. The molecule has 1 atom stereocenters. The van der Waals surface area contributed by atoms with Crippen molar-refractivity contribution in [3.05, 3.63) is 107 Å². The van der Waals surface area contributed by atoms with E-state index in [0.29, 0.717) is 43.3 Å². The highest BCUT2D eigenvalue weighted by Crippen LogP contribution is 2.38. The van der Waals surface area contributed by atoms with E-state index < -0.39 is 5.54 Å². The highest BCUT2D eigenvalue weighted by molar-refractivity contribution is 6.04. The summed E-state index contributed by atoms with van der Waals surface area (Å²) in [4.78, 5) is 44.5. The number of halogens is 1. The maximum atomic E-state index is 13.3. The normalized spacial score (nSPS) is 18.0. The number of benzene rings is 3. The maximum absolute atomic E-state index is 13.3. The van der Waals surface area contributed by atoms with Gasteiger partial charge in [0, 0.05) is 61.5 Å². The minimum Gasteiger partial charge on any atom is -0.353 e. The molecule has 3 heterocycles. The van der Waals surface area contributed by atoms with E-state index in [1.54, 1.807) is 0 Å². The summed E-state index contributed by atoms with van der Waals surface area (Å²) in [6.45, 7) is 9.27. The van der Waals surface area contributed by atoms with Crippen LogP contribution in [0.4, 0.5) is 16.0 Å². The largest absolute Gasteiger partial charge is 0.353 e. The second kappa shape index (κ2) is 13.2. The average molecular weight is 620 g/mol. The molecule has 1 saturated heterocycles. The number of rotatable bonds is 9. The lowest BCUT2D eigenvalue weighted by atomic mass is 9.86. The van der Waals surface area contributed by atoms with Crippen LogP contribution in [0.1, 0.15) is 41.0 Å². The average Bonchev–Trinajstić information content (AvgIpc) is 3.51. The summed E-state index contributed by atoms with van der Waals surface area (Å²) in [7, 11) is 0. The number of aliphatic imine (C=N–C) groups is 1. The number of aryl methyl sites for hydroxylation is 1. The Morgan fingerprint density at radius 1 is 0.957 bits per heavy atom. The fourth-order valence-corrected chi connectivity index (χ4v) is 5.95. The first-order chi connectivity index (χ1) is 22.2. The van der Waals surface area contributed by atoms with Crippen molar-refractivity contribution in [1.82, 2.24) is 20.2 Å². The lowest BCUT2D eigenvalue weighted by Gasteiger charge is -2.35. The molecule has 2 aliphatic rings. The number of nitrogens with zero attached hydrogens (tertiary/aromatic N) is 5. The number of amides is 2. The van der Waals surface area contributed by atoms with Crippen molar-refractivity contribution in [2.24, 2.45) is 4.99 Å². The Hall–Kier alpha value is -4.96. The molecule has 2 N–H and O–H groups in total. The van der Waals surface area contributed by atoms with Crippen LogP contribution in [0, 0.1) is 12.7 Å². The van der Waals surface area contributed by atoms with Crippen LogP contribution in [0.2, 0.25) is 0 Å². The molecule has 46 heavy (non-hydrogen) atoms. The number of nitrogens with one attached hydrogen (secondary N) is 2. The SMILES string of the molecule is Cc1ccc2c(C3(Cc4ccc(NC(=O)c5ccc(F)cc5)cc4)C=CC=N3)nc(N3CCN(CC(=O)NC(C)C)CC3)nc2c1. The van der Waals surface area contributed by atoms with Gasteiger partial charge in [-0.3, -0.25) is 19.5 Å². The van der Waals surface area contributed by atoms with E-state index in [1.807, 2.05) is 50.4 Å². The fourth-order valence-electron chi connectivity index (χ4n) is 5.95. The van der Waals surface area contributed by atoms with Gasteiger partial charge in [0.25, 0.3) is 5.91 Å². The van der Waals surface area contributed by atoms with Gasteiger partial charge < -0.3 is 15.5 Å². The lowest BCUT2D eigenvalue weighted by Crippen LogP contribution is -2.50. The topological polar surface area (TPSA) is 103 Å². The predicted octanol–water partition coefficient (Wildman–Crippen LogP) is 5.05. The molecule has 236 valence electrons. The van der Waals surface area contributed by atoms with Gasteiger partial charge in [0.05, 0.1) is 17.8 Å². The monoisotopic (exact) mass is 619 g/mol. The molecule has 0 spiro atoms. The number of anilines is 2. The van der Waals surface area contributed by atoms with Gasteiger partial charge in [0.1, 0.15) is 11.4 Å². The molecule has 0 aliphatic carbocycles. The zero-order chi connectivity index (χ0) is 32.3. The van der Waals surface area contributed by atoms with E-state index in [0.717, 1.165) is 40.8 Å². The molecule has 3 aromatic carbocycles. The van der Waals surface area contributed by atoms with E-state index in [4.69, 9.17) is 15.0 Å². The fraction of sp³-hybridized carbons (Fsp3) is 0.306. The first kappa shape index (κ1) is 31.0. The summed E-state index contributed by atoms with van der Waals surface area (Å²) in [5.74, 6) is 0.0117. The van der Waals surface area contributed by atoms with Gasteiger partial charge in [0.15, 0.2) is 0 Å². The van der Waals surface area contributed by atoms with Gasteiger partial charge >= 0.3 is 0 Å². The van der Waals surface area contributed by atoms with Gasteiger partial charge in [-0.05, 0) is 86.5 Å². The number of aromatic nitrogens is 2. The zero-order valence-corrected chi connectivity index (χ0v) is 26.3. The number of allylic oxidation sites excluding steroid dienone is 1. The number of fused-ring (bicyclic) bond motifs is 1. The molecule has 0 radical (unpaired) electrons. The molecule has 9 nitrogen and oxygen atoms in total. The third-order valence-corrected chi connectivity index (χ3v) is 8.28. The Bertz CT molecular complexity index is 1780. The van der Waals surface area contributed by atoms with E-state index in [2.05, 4.69) is 51.6 Å². The molecular formula is C36H38FN7O2. The summed E-state index contributed by atoms with van der Waals surface area (Å²) in [6.07, 6.45) is 6.43. The lowest BCUT2D eigenvalue weighted by molar-refractivity contribution is -0.122. The van der Waals surface area contributed by atoms with Crippen LogP contribution in [0.5, 0.6) is 0 Å². The van der Waals surface area contributed by atoms with Crippen molar-refractivity contribution in [3.63, 3.8) is 0 Å². The van der Waals surface area contributed by atoms with Crippen molar-refractivity contribution in [2.45, 2.75) is 38.8 Å². The van der Waals surface area contributed by atoms with E-state index in [-0.39, 0.29) is 23.7 Å². The Morgan fingerprint density at radius 3 is 2.37 bits per heavy atom. The van der Waals surface area contributed by atoms with Gasteiger partial charge in [-0.25, -0.2) is 14.4 Å². The van der Waals surface area contributed by atoms with E-state index in [9.17, 15) is 14.0 Å². The molecule has 1 aromatic heterocycles. The third-order valence-electron chi connectivity index (χ3n) is 8.28. The maximum Gasteiger partial charge on any atom is 0.255 e. The van der Waals surface area contributed by atoms with E-state index in [1.165, 1.54) is 24.3 Å². The van der Waals surface area contributed by atoms with Gasteiger partial charge in [0.2, 0.25) is 11.9 Å². The molecule has 4 aromatic rings.